The summed E-state index contributed by atoms with van der Waals surface area (Å²) in [6, 6.07) is 0.731. The molecule has 0 aromatic heterocycles. The number of hydrogen-bond donors (Lipinski definition) is 1. The van der Waals surface area contributed by atoms with Crippen molar-refractivity contribution in [2.24, 2.45) is 11.7 Å². The van der Waals surface area contributed by atoms with Crippen LogP contribution in [0.1, 0.15) is 41.0 Å². The number of nitrogens with zero attached hydrogens (tertiary/aromatic N) is 2. The van der Waals surface area contributed by atoms with Gasteiger partial charge in [-0.15, -0.1) is 0 Å². The van der Waals surface area contributed by atoms with E-state index >= 15 is 0 Å². The molecule has 2 N–H and O–H groups in total. The lowest BCUT2D eigenvalue weighted by Crippen LogP contribution is -2.52. The van der Waals surface area contributed by atoms with E-state index in [0.717, 1.165) is 19.5 Å². The highest BCUT2D eigenvalue weighted by atomic mass is 16.2. The van der Waals surface area contributed by atoms with Crippen molar-refractivity contribution in [2.45, 2.75) is 59.2 Å². The van der Waals surface area contributed by atoms with Gasteiger partial charge in [-0.2, -0.15) is 0 Å². The Balaban J connectivity index is 2.57. The van der Waals surface area contributed by atoms with E-state index in [2.05, 4.69) is 39.5 Å². The zero-order valence-electron chi connectivity index (χ0n) is 12.5. The Kier molecular flexibility index (Phi) is 5.60. The molecule has 1 aliphatic heterocycles. The summed E-state index contributed by atoms with van der Waals surface area (Å²) in [6.07, 6.45) is 1.07. The van der Waals surface area contributed by atoms with Gasteiger partial charge in [-0.3, -0.25) is 9.69 Å². The van der Waals surface area contributed by atoms with Gasteiger partial charge in [0.15, 0.2) is 0 Å². The number of nitrogens with two attached hydrogens (primary N) is 1. The lowest BCUT2D eigenvalue weighted by atomic mass is 9.96. The van der Waals surface area contributed by atoms with E-state index < -0.39 is 0 Å². The maximum atomic E-state index is 12.4. The van der Waals surface area contributed by atoms with E-state index in [-0.39, 0.29) is 24.0 Å². The minimum Gasteiger partial charge on any atom is -0.337 e. The van der Waals surface area contributed by atoms with Crippen molar-refractivity contribution in [2.75, 3.05) is 19.6 Å². The highest BCUT2D eigenvalue weighted by Gasteiger charge is 2.27. The molecule has 0 aromatic carbocycles. The van der Waals surface area contributed by atoms with E-state index in [1.54, 1.807) is 0 Å². The van der Waals surface area contributed by atoms with Crippen LogP contribution in [-0.2, 0) is 4.79 Å². The minimum atomic E-state index is 0.216. The van der Waals surface area contributed by atoms with Crippen molar-refractivity contribution < 1.29 is 4.79 Å². The van der Waals surface area contributed by atoms with Gasteiger partial charge < -0.3 is 10.6 Å². The average molecular weight is 255 g/mol. The van der Waals surface area contributed by atoms with Gasteiger partial charge >= 0.3 is 0 Å². The summed E-state index contributed by atoms with van der Waals surface area (Å²) < 4.78 is 0. The van der Waals surface area contributed by atoms with Gasteiger partial charge in [0.1, 0.15) is 0 Å². The summed E-state index contributed by atoms with van der Waals surface area (Å²) in [6.45, 7) is 12.8. The van der Waals surface area contributed by atoms with E-state index in [9.17, 15) is 4.79 Å². The average Bonchev–Trinajstić information content (AvgIpc) is 2.13. The van der Waals surface area contributed by atoms with Gasteiger partial charge in [0.2, 0.25) is 5.91 Å². The number of carbonyl (C=O) groups is 1. The normalized spacial score (nSPS) is 25.8. The first-order chi connectivity index (χ1) is 8.31. The van der Waals surface area contributed by atoms with Crippen molar-refractivity contribution in [3.63, 3.8) is 0 Å². The fourth-order valence-corrected chi connectivity index (χ4v) is 3.09. The van der Waals surface area contributed by atoms with E-state index in [4.69, 9.17) is 5.73 Å². The number of carbonyl (C=O) groups excluding carboxylic acids is 1. The summed E-state index contributed by atoms with van der Waals surface area (Å²) in [4.78, 5) is 16.5. The highest BCUT2D eigenvalue weighted by Crippen LogP contribution is 2.15. The monoisotopic (exact) mass is 255 g/mol. The molecule has 1 amide bonds. The largest absolute Gasteiger partial charge is 0.337 e. The third-order valence-electron chi connectivity index (χ3n) is 3.53. The van der Waals surface area contributed by atoms with Crippen LogP contribution in [0, 0.1) is 5.92 Å². The van der Waals surface area contributed by atoms with Crippen molar-refractivity contribution in [3.8, 4) is 0 Å². The molecule has 0 aromatic rings. The Bertz CT molecular complexity index is 260. The quantitative estimate of drug-likeness (QED) is 0.824. The Morgan fingerprint density at radius 3 is 2.28 bits per heavy atom. The minimum absolute atomic E-state index is 0.216. The number of piperidine rings is 1. The van der Waals surface area contributed by atoms with Crippen molar-refractivity contribution >= 4 is 5.91 Å². The molecule has 2 atom stereocenters. The van der Waals surface area contributed by atoms with Gasteiger partial charge in [0, 0.05) is 31.2 Å². The SMILES string of the molecule is CC1CC(N)CN(CC(=O)N(C(C)C)C(C)C)C1. The summed E-state index contributed by atoms with van der Waals surface area (Å²) in [7, 11) is 0. The van der Waals surface area contributed by atoms with Crippen molar-refractivity contribution in [1.29, 1.82) is 0 Å². The molecule has 1 heterocycles. The molecule has 2 unspecified atom stereocenters. The molecule has 1 saturated heterocycles. The molecule has 1 rings (SSSR count). The smallest absolute Gasteiger partial charge is 0.237 e. The molecular weight excluding hydrogens is 226 g/mol. The summed E-state index contributed by atoms with van der Waals surface area (Å²) >= 11 is 0. The van der Waals surface area contributed by atoms with E-state index in [1.165, 1.54) is 0 Å². The standard InChI is InChI=1S/C14H29N3O/c1-10(2)17(11(3)4)14(18)9-16-7-12(5)6-13(15)8-16/h10-13H,6-9,15H2,1-5H3. The highest BCUT2D eigenvalue weighted by molar-refractivity contribution is 5.78. The second-order valence-corrected chi connectivity index (χ2v) is 6.28. The van der Waals surface area contributed by atoms with Gasteiger partial charge in [0.05, 0.1) is 6.54 Å². The van der Waals surface area contributed by atoms with Crippen LogP contribution in [0.3, 0.4) is 0 Å². The van der Waals surface area contributed by atoms with Crippen LogP contribution in [0.5, 0.6) is 0 Å². The van der Waals surface area contributed by atoms with Crippen LogP contribution < -0.4 is 5.73 Å². The van der Waals surface area contributed by atoms with Crippen molar-refractivity contribution in [1.82, 2.24) is 9.80 Å². The molecule has 4 nitrogen and oxygen atoms in total. The Morgan fingerprint density at radius 1 is 1.28 bits per heavy atom. The second kappa shape index (κ2) is 6.53. The molecule has 106 valence electrons. The third-order valence-corrected chi connectivity index (χ3v) is 3.53. The first-order valence-corrected chi connectivity index (χ1v) is 7.10. The Hall–Kier alpha value is -0.610. The molecule has 4 heteroatoms. The maximum absolute atomic E-state index is 12.4. The van der Waals surface area contributed by atoms with Crippen LogP contribution in [0.2, 0.25) is 0 Å². The maximum Gasteiger partial charge on any atom is 0.237 e. The first-order valence-electron chi connectivity index (χ1n) is 7.10. The molecular formula is C14H29N3O. The number of amides is 1. The number of rotatable bonds is 4. The van der Waals surface area contributed by atoms with Crippen molar-refractivity contribution in [3.05, 3.63) is 0 Å². The Labute approximate surface area is 111 Å². The predicted molar refractivity (Wildman–Crippen MR) is 75.3 cm³/mol. The predicted octanol–water partition coefficient (Wildman–Crippen LogP) is 1.30. The van der Waals surface area contributed by atoms with Gasteiger partial charge in [-0.05, 0) is 40.0 Å². The van der Waals surface area contributed by atoms with Gasteiger partial charge in [-0.25, -0.2) is 0 Å². The van der Waals surface area contributed by atoms with Crippen LogP contribution >= 0.6 is 0 Å². The molecule has 18 heavy (non-hydrogen) atoms. The lowest BCUT2D eigenvalue weighted by molar-refractivity contribution is -0.136. The molecule has 0 bridgehead atoms. The molecule has 0 spiro atoms. The number of hydrogen-bond acceptors (Lipinski definition) is 3. The third kappa shape index (κ3) is 4.25. The van der Waals surface area contributed by atoms with E-state index in [1.807, 2.05) is 4.90 Å². The zero-order valence-corrected chi connectivity index (χ0v) is 12.5. The summed E-state index contributed by atoms with van der Waals surface area (Å²) in [5.74, 6) is 0.814. The first kappa shape index (κ1) is 15.4. The van der Waals surface area contributed by atoms with E-state index in [0.29, 0.717) is 12.5 Å². The topological polar surface area (TPSA) is 49.6 Å². The molecule has 1 fully saturated rings. The number of likely N-dealkylation sites (tertiary alicyclic amines) is 1. The molecule has 1 aliphatic rings. The molecule has 0 radical (unpaired) electrons. The summed E-state index contributed by atoms with van der Waals surface area (Å²) in [5.41, 5.74) is 6.02. The summed E-state index contributed by atoms with van der Waals surface area (Å²) in [5, 5.41) is 0. The zero-order chi connectivity index (χ0) is 13.9. The van der Waals surface area contributed by atoms with Gasteiger partial charge in [-0.1, -0.05) is 6.92 Å². The fraction of sp³-hybridized carbons (Fsp3) is 0.929. The van der Waals surface area contributed by atoms with Gasteiger partial charge in [0.25, 0.3) is 0 Å². The molecule has 0 saturated carbocycles. The molecule has 0 aliphatic carbocycles. The second-order valence-electron chi connectivity index (χ2n) is 6.28. The Morgan fingerprint density at radius 2 is 1.83 bits per heavy atom. The van der Waals surface area contributed by atoms with Crippen LogP contribution in [0.25, 0.3) is 0 Å². The van der Waals surface area contributed by atoms with Crippen LogP contribution in [0.4, 0.5) is 0 Å². The van der Waals surface area contributed by atoms with Crippen LogP contribution in [-0.4, -0.2) is 53.5 Å². The van der Waals surface area contributed by atoms with Crippen LogP contribution in [0.15, 0.2) is 0 Å². The lowest BCUT2D eigenvalue weighted by Gasteiger charge is -2.37. The fourth-order valence-electron chi connectivity index (χ4n) is 3.09.